The number of carbonyl (C=O) groups is 1. The number of amides is 1. The monoisotopic (exact) mass is 547 g/mol. The number of benzene rings is 2. The van der Waals surface area contributed by atoms with Crippen LogP contribution in [0.2, 0.25) is 0 Å². The van der Waals surface area contributed by atoms with E-state index in [1.165, 1.54) is 28.6 Å². The van der Waals surface area contributed by atoms with Gasteiger partial charge in [0.15, 0.2) is 21.6 Å². The van der Waals surface area contributed by atoms with Crippen molar-refractivity contribution in [2.75, 3.05) is 25.5 Å². The number of nitrogens with zero attached hydrogens (tertiary/aromatic N) is 1. The summed E-state index contributed by atoms with van der Waals surface area (Å²) in [6.07, 6.45) is -1.75. The molecule has 2 aliphatic heterocycles. The number of nitrogens with one attached hydrogen (secondary N) is 1. The second-order valence-corrected chi connectivity index (χ2v) is 12.6. The van der Waals surface area contributed by atoms with Crippen molar-refractivity contribution in [3.63, 3.8) is 0 Å². The van der Waals surface area contributed by atoms with E-state index in [0.717, 1.165) is 12.0 Å². The number of carbonyl (C=O) groups excluding carboxylic acids is 1. The highest BCUT2D eigenvalue weighted by atomic mass is 32.3. The van der Waals surface area contributed by atoms with E-state index in [-0.39, 0.29) is 36.7 Å². The predicted octanol–water partition coefficient (Wildman–Crippen LogP) is 2.73. The number of sulfonamides is 1. The number of aliphatic hydroxyl groups is 1. The average molecular weight is 548 g/mol. The summed E-state index contributed by atoms with van der Waals surface area (Å²) in [6.45, 7) is 5.80. The number of alkyl carbamates (subject to hydrolysis) is 1. The lowest BCUT2D eigenvalue weighted by molar-refractivity contribution is -0.0907. The summed E-state index contributed by atoms with van der Waals surface area (Å²) in [4.78, 5) is 13.0. The van der Waals surface area contributed by atoms with Crippen LogP contribution in [0.15, 0.2) is 59.5 Å². The molecule has 0 bridgehead atoms. The molecule has 0 aliphatic carbocycles. The number of ether oxygens (including phenoxy) is 3. The Labute approximate surface area is 224 Å². The largest absolute Gasteiger partial charge is 0.593 e. The number of aliphatic hydroxyl groups excluding tert-OH is 1. The molecule has 0 aromatic heterocycles. The Balaban J connectivity index is 1.52. The van der Waals surface area contributed by atoms with Gasteiger partial charge in [0, 0.05) is 5.69 Å². The van der Waals surface area contributed by atoms with Gasteiger partial charge in [0.1, 0.15) is 6.10 Å². The fraction of sp³-hybridized carbons (Fsp3) is 0.519. The molecule has 0 saturated carbocycles. The molecule has 2 aliphatic rings. The molecule has 2 aromatic carbocycles. The quantitative estimate of drug-likeness (QED) is 0.321. The van der Waals surface area contributed by atoms with Gasteiger partial charge in [0.25, 0.3) is 0 Å². The molecule has 4 N–H and O–H groups in total. The van der Waals surface area contributed by atoms with E-state index in [1.807, 2.05) is 30.3 Å². The Hall–Kier alpha value is -2.54. The van der Waals surface area contributed by atoms with E-state index in [0.29, 0.717) is 12.3 Å². The van der Waals surface area contributed by atoms with Crippen molar-refractivity contribution in [3.05, 3.63) is 60.2 Å². The van der Waals surface area contributed by atoms with Crippen LogP contribution in [0.25, 0.3) is 0 Å². The molecule has 2 fully saturated rings. The maximum Gasteiger partial charge on any atom is 0.407 e. The molecule has 0 radical (unpaired) electrons. The fourth-order valence-corrected chi connectivity index (χ4v) is 6.62. The molecule has 1 amide bonds. The summed E-state index contributed by atoms with van der Waals surface area (Å²) >= 11 is 0. The SMILES string of the molecule is CC(C)(C)N(C[C@@H](O)[C@H](Cc1ccccc1)NC(=O)O[C@H]1CO[C@H]2OCC[C@H]21)[S+](=O)([O-])c1ccc(N)cc1. The molecule has 6 atom stereocenters. The van der Waals surface area contributed by atoms with Crippen LogP contribution in [0.4, 0.5) is 10.5 Å². The smallest absolute Gasteiger partial charge is 0.407 e. The Morgan fingerprint density at radius 1 is 1.21 bits per heavy atom. The summed E-state index contributed by atoms with van der Waals surface area (Å²) < 4.78 is 45.2. The van der Waals surface area contributed by atoms with Crippen molar-refractivity contribution in [1.82, 2.24) is 9.62 Å². The zero-order valence-corrected chi connectivity index (χ0v) is 22.8. The first kappa shape index (κ1) is 28.5. The minimum atomic E-state index is -3.99. The van der Waals surface area contributed by atoms with Crippen LogP contribution >= 0.6 is 0 Å². The van der Waals surface area contributed by atoms with Gasteiger partial charge in [-0.3, -0.25) is 0 Å². The summed E-state index contributed by atoms with van der Waals surface area (Å²) in [6, 6.07) is 14.5. The maximum atomic E-state index is 13.6. The number of fused-ring (bicyclic) bond motifs is 1. The van der Waals surface area contributed by atoms with Gasteiger partial charge in [0.05, 0.1) is 43.4 Å². The van der Waals surface area contributed by atoms with Crippen LogP contribution in [0, 0.1) is 5.92 Å². The molecule has 10 nitrogen and oxygen atoms in total. The highest BCUT2D eigenvalue weighted by Gasteiger charge is 2.45. The molecule has 2 heterocycles. The highest BCUT2D eigenvalue weighted by Crippen LogP contribution is 2.33. The van der Waals surface area contributed by atoms with Crippen molar-refractivity contribution in [2.24, 2.45) is 5.92 Å². The molecular formula is C27H37N3O7S. The van der Waals surface area contributed by atoms with Crippen LogP contribution in [0.3, 0.4) is 0 Å². The van der Waals surface area contributed by atoms with Gasteiger partial charge in [-0.1, -0.05) is 34.5 Å². The Morgan fingerprint density at radius 2 is 1.89 bits per heavy atom. The van der Waals surface area contributed by atoms with Crippen LogP contribution < -0.4 is 11.1 Å². The van der Waals surface area contributed by atoms with E-state index < -0.39 is 40.3 Å². The minimum Gasteiger partial charge on any atom is -0.593 e. The van der Waals surface area contributed by atoms with Gasteiger partial charge >= 0.3 is 6.09 Å². The lowest BCUT2D eigenvalue weighted by Crippen LogP contribution is -2.56. The van der Waals surface area contributed by atoms with Gasteiger partial charge in [-0.15, -0.1) is 4.31 Å². The zero-order chi connectivity index (χ0) is 27.5. The van der Waals surface area contributed by atoms with Crippen LogP contribution in [-0.4, -0.2) is 69.9 Å². The van der Waals surface area contributed by atoms with Gasteiger partial charge in [-0.2, -0.15) is 0 Å². The fourth-order valence-electron chi connectivity index (χ4n) is 4.82. The summed E-state index contributed by atoms with van der Waals surface area (Å²) in [5.41, 5.74) is 6.19. The number of β-amino-alcohol motifs (C(OH)–C–C–N with tert-alkyl or cyclic N) is 1. The van der Waals surface area contributed by atoms with E-state index >= 15 is 0 Å². The van der Waals surface area contributed by atoms with E-state index in [2.05, 4.69) is 5.32 Å². The van der Waals surface area contributed by atoms with Gasteiger partial charge < -0.3 is 34.9 Å². The van der Waals surface area contributed by atoms with Crippen molar-refractivity contribution in [2.45, 2.75) is 68.6 Å². The third-order valence-corrected chi connectivity index (χ3v) is 9.02. The number of hydrogen-bond acceptors (Lipinski definition) is 8. The Kier molecular flexibility index (Phi) is 8.75. The van der Waals surface area contributed by atoms with Crippen molar-refractivity contribution < 1.29 is 32.9 Å². The van der Waals surface area contributed by atoms with Crippen molar-refractivity contribution in [1.29, 1.82) is 0 Å². The van der Waals surface area contributed by atoms with E-state index in [9.17, 15) is 18.7 Å². The molecule has 0 spiro atoms. The lowest BCUT2D eigenvalue weighted by atomic mass is 10.00. The van der Waals surface area contributed by atoms with Gasteiger partial charge in [-0.25, -0.2) is 4.79 Å². The molecule has 2 aromatic rings. The second kappa shape index (κ2) is 11.7. The van der Waals surface area contributed by atoms with E-state index in [4.69, 9.17) is 19.9 Å². The molecule has 4 rings (SSSR count). The molecule has 1 unspecified atom stereocenters. The number of nitrogen functional groups attached to an aromatic ring is 1. The molecule has 11 heteroatoms. The molecular weight excluding hydrogens is 510 g/mol. The number of rotatable bonds is 9. The summed E-state index contributed by atoms with van der Waals surface area (Å²) in [7, 11) is -3.99. The normalized spacial score (nSPS) is 24.4. The number of nitrogens with two attached hydrogens (primary N) is 1. The second-order valence-electron chi connectivity index (χ2n) is 10.8. The Bertz CT molecular complexity index is 1130. The standard InChI is InChI=1S/C27H37N3O7S/c1-27(2,3)30(38(33,34)20-11-9-19(28)10-12-20)16-23(31)22(15-18-7-5-4-6-8-18)29-26(32)37-24-17-36-25-21(24)13-14-35-25/h4-12,21-25,31H,13-17H2,1-3H3,(H3-,28,29,32,33,34)/t21-,22-,23+,24-,25+/m0/s1. The first-order valence-electron chi connectivity index (χ1n) is 12.8. The van der Waals surface area contributed by atoms with Crippen molar-refractivity contribution in [3.8, 4) is 0 Å². The third kappa shape index (κ3) is 6.71. The minimum absolute atomic E-state index is 0.0281. The Morgan fingerprint density at radius 3 is 2.55 bits per heavy atom. The maximum absolute atomic E-state index is 13.6. The van der Waals surface area contributed by atoms with Crippen LogP contribution in [0.1, 0.15) is 32.8 Å². The molecule has 2 saturated heterocycles. The summed E-state index contributed by atoms with van der Waals surface area (Å²) in [5.74, 6) is -0.0281. The molecule has 38 heavy (non-hydrogen) atoms. The first-order valence-corrected chi connectivity index (χ1v) is 14.2. The zero-order valence-electron chi connectivity index (χ0n) is 21.9. The van der Waals surface area contributed by atoms with Gasteiger partial charge in [-0.05, 0) is 63.4 Å². The third-order valence-electron chi connectivity index (χ3n) is 6.88. The van der Waals surface area contributed by atoms with E-state index in [1.54, 1.807) is 20.8 Å². The highest BCUT2D eigenvalue weighted by molar-refractivity contribution is 7.95. The van der Waals surface area contributed by atoms with Gasteiger partial charge in [0.2, 0.25) is 0 Å². The molecule has 208 valence electrons. The summed E-state index contributed by atoms with van der Waals surface area (Å²) in [5, 5.41) is 14.2. The topological polar surface area (TPSA) is 146 Å². The van der Waals surface area contributed by atoms with Crippen molar-refractivity contribution >= 4 is 22.2 Å². The predicted molar refractivity (Wildman–Crippen MR) is 142 cm³/mol. The average Bonchev–Trinajstić information content (AvgIpc) is 3.47. The lowest BCUT2D eigenvalue weighted by Gasteiger charge is -2.39. The van der Waals surface area contributed by atoms with Crippen LogP contribution in [0.5, 0.6) is 0 Å². The first-order chi connectivity index (χ1) is 17.9. The van der Waals surface area contributed by atoms with Crippen LogP contribution in [-0.2, 0) is 35.2 Å². The number of anilines is 1. The number of hydrogen-bond donors (Lipinski definition) is 3.